The number of benzene rings is 8. The number of hydrogen-bond acceptors (Lipinski definition) is 1. The molecule has 2 heteroatoms. The van der Waals surface area contributed by atoms with E-state index in [9.17, 15) is 0 Å². The summed E-state index contributed by atoms with van der Waals surface area (Å²) in [5.74, 6) is 0. The topological polar surface area (TPSA) is 8.17 Å². The summed E-state index contributed by atoms with van der Waals surface area (Å²) < 4.78 is 2.42. The fourth-order valence-electron chi connectivity index (χ4n) is 7.17. The predicted octanol–water partition coefficient (Wildman–Crippen LogP) is 13.3. The lowest BCUT2D eigenvalue weighted by atomic mass is 9.98. The summed E-state index contributed by atoms with van der Waals surface area (Å²) in [7, 11) is 0. The lowest BCUT2D eigenvalue weighted by Crippen LogP contribution is -2.09. The second kappa shape index (κ2) is 12.8. The van der Waals surface area contributed by atoms with Crippen molar-refractivity contribution in [1.29, 1.82) is 0 Å². The van der Waals surface area contributed by atoms with E-state index >= 15 is 0 Å². The number of nitrogens with zero attached hydrogens (tertiary/aromatic N) is 2. The van der Waals surface area contributed by atoms with Crippen LogP contribution in [0.15, 0.2) is 206 Å². The second-order valence-electron chi connectivity index (χ2n) is 12.6. The van der Waals surface area contributed by atoms with Crippen molar-refractivity contribution >= 4 is 38.9 Å². The molecule has 0 aliphatic rings. The van der Waals surface area contributed by atoms with Gasteiger partial charge < -0.3 is 9.47 Å². The van der Waals surface area contributed by atoms with Crippen LogP contribution in [-0.2, 0) is 0 Å². The zero-order chi connectivity index (χ0) is 33.3. The van der Waals surface area contributed by atoms with Crippen molar-refractivity contribution in [3.05, 3.63) is 206 Å². The largest absolute Gasteiger partial charge is 0.311 e. The zero-order valence-electron chi connectivity index (χ0n) is 27.5. The number of fused-ring (bicyclic) bond motifs is 3. The molecule has 236 valence electrons. The Morgan fingerprint density at radius 3 is 1.30 bits per heavy atom. The Kier molecular flexibility index (Phi) is 7.53. The summed E-state index contributed by atoms with van der Waals surface area (Å²) in [6, 6.07) is 74.0. The van der Waals surface area contributed by atoms with Gasteiger partial charge in [-0.05, 0) is 106 Å². The van der Waals surface area contributed by atoms with Crippen LogP contribution in [0.4, 0.5) is 17.1 Å². The van der Waals surface area contributed by atoms with Crippen LogP contribution in [0.5, 0.6) is 0 Å². The van der Waals surface area contributed by atoms with Gasteiger partial charge >= 0.3 is 0 Å². The Balaban J connectivity index is 1.16. The summed E-state index contributed by atoms with van der Waals surface area (Å²) in [4.78, 5) is 2.30. The van der Waals surface area contributed by atoms with E-state index in [0.717, 1.165) is 22.7 Å². The molecule has 0 radical (unpaired) electrons. The van der Waals surface area contributed by atoms with E-state index in [4.69, 9.17) is 0 Å². The second-order valence-corrected chi connectivity index (χ2v) is 12.6. The van der Waals surface area contributed by atoms with Crippen molar-refractivity contribution in [2.24, 2.45) is 0 Å². The van der Waals surface area contributed by atoms with Crippen LogP contribution in [0.1, 0.15) is 0 Å². The number of anilines is 3. The fraction of sp³-hybridized carbons (Fsp3) is 0. The maximum Gasteiger partial charge on any atom is 0.0541 e. The third kappa shape index (κ3) is 5.43. The minimum atomic E-state index is 1.12. The fourth-order valence-corrected chi connectivity index (χ4v) is 7.17. The quantitative estimate of drug-likeness (QED) is 0.169. The molecule has 0 fully saturated rings. The highest BCUT2D eigenvalue weighted by Gasteiger charge is 2.16. The average molecular weight is 639 g/mol. The monoisotopic (exact) mass is 638 g/mol. The molecule has 9 aromatic rings. The van der Waals surface area contributed by atoms with Crippen molar-refractivity contribution in [2.75, 3.05) is 4.90 Å². The van der Waals surface area contributed by atoms with Gasteiger partial charge in [-0.15, -0.1) is 0 Å². The highest BCUT2D eigenvalue weighted by Crippen LogP contribution is 2.39. The molecule has 0 atom stereocenters. The highest BCUT2D eigenvalue weighted by atomic mass is 15.1. The van der Waals surface area contributed by atoms with Crippen molar-refractivity contribution in [3.8, 4) is 39.1 Å². The van der Waals surface area contributed by atoms with Crippen LogP contribution in [0, 0.1) is 0 Å². The number of rotatable bonds is 7. The molecular formula is C48H34N2. The molecule has 1 aromatic heterocycles. The Morgan fingerprint density at radius 1 is 0.280 bits per heavy atom. The minimum absolute atomic E-state index is 1.12. The Morgan fingerprint density at radius 2 is 0.720 bits per heavy atom. The summed E-state index contributed by atoms with van der Waals surface area (Å²) in [6.07, 6.45) is 0. The first-order valence-corrected chi connectivity index (χ1v) is 17.1. The van der Waals surface area contributed by atoms with Gasteiger partial charge in [0.15, 0.2) is 0 Å². The average Bonchev–Trinajstić information content (AvgIpc) is 3.53. The van der Waals surface area contributed by atoms with Crippen LogP contribution in [0.3, 0.4) is 0 Å². The molecule has 0 amide bonds. The lowest BCUT2D eigenvalue weighted by molar-refractivity contribution is 1.18. The van der Waals surface area contributed by atoms with Crippen LogP contribution in [0.25, 0.3) is 60.9 Å². The number of para-hydroxylation sites is 3. The van der Waals surface area contributed by atoms with Gasteiger partial charge in [-0.1, -0.05) is 133 Å². The van der Waals surface area contributed by atoms with Gasteiger partial charge in [-0.25, -0.2) is 0 Å². The molecule has 0 bridgehead atoms. The molecule has 0 spiro atoms. The molecular weight excluding hydrogens is 605 g/mol. The van der Waals surface area contributed by atoms with E-state index in [1.54, 1.807) is 0 Å². The molecule has 1 heterocycles. The van der Waals surface area contributed by atoms with Crippen molar-refractivity contribution in [2.45, 2.75) is 0 Å². The summed E-state index contributed by atoms with van der Waals surface area (Å²) in [5, 5.41) is 2.48. The smallest absolute Gasteiger partial charge is 0.0541 e. The third-order valence-corrected chi connectivity index (χ3v) is 9.55. The molecule has 0 saturated heterocycles. The van der Waals surface area contributed by atoms with E-state index < -0.39 is 0 Å². The molecule has 8 aromatic carbocycles. The van der Waals surface area contributed by atoms with E-state index in [2.05, 4.69) is 216 Å². The first kappa shape index (κ1) is 29.5. The van der Waals surface area contributed by atoms with E-state index in [1.165, 1.54) is 55.2 Å². The van der Waals surface area contributed by atoms with Gasteiger partial charge in [0.05, 0.1) is 11.0 Å². The standard InChI is InChI=1S/C48H34N2/c1-5-15-35(16-6-1)39-31-40(36-17-7-2-8-18-36)33-44(32-39)50-47-24-14-13-23-45(47)46-34-38(27-30-48(46)50)37-25-28-43(29-26-37)49(41-19-9-3-10-20-41)42-21-11-4-12-22-42/h1-34H. The van der Waals surface area contributed by atoms with E-state index in [0.29, 0.717) is 0 Å². The molecule has 0 aliphatic carbocycles. The molecule has 0 aliphatic heterocycles. The third-order valence-electron chi connectivity index (χ3n) is 9.55. The normalized spacial score (nSPS) is 11.2. The van der Waals surface area contributed by atoms with Gasteiger partial charge in [0.2, 0.25) is 0 Å². The van der Waals surface area contributed by atoms with Crippen LogP contribution in [0.2, 0.25) is 0 Å². The van der Waals surface area contributed by atoms with Gasteiger partial charge in [0.25, 0.3) is 0 Å². The molecule has 9 rings (SSSR count). The van der Waals surface area contributed by atoms with Crippen LogP contribution in [-0.4, -0.2) is 4.57 Å². The van der Waals surface area contributed by atoms with Crippen LogP contribution >= 0.6 is 0 Å². The predicted molar refractivity (Wildman–Crippen MR) is 212 cm³/mol. The lowest BCUT2D eigenvalue weighted by Gasteiger charge is -2.25. The maximum absolute atomic E-state index is 2.42. The van der Waals surface area contributed by atoms with Gasteiger partial charge in [-0.3, -0.25) is 0 Å². The maximum atomic E-state index is 2.42. The minimum Gasteiger partial charge on any atom is -0.311 e. The Labute approximate surface area is 292 Å². The SMILES string of the molecule is c1ccc(-c2cc(-c3ccccc3)cc(-n3c4ccccc4c4cc(-c5ccc(N(c6ccccc6)c6ccccc6)cc5)ccc43)c2)cc1. The Bertz CT molecular complexity index is 2460. The number of aromatic nitrogens is 1. The highest BCUT2D eigenvalue weighted by molar-refractivity contribution is 6.10. The molecule has 0 saturated carbocycles. The van der Waals surface area contributed by atoms with E-state index in [-0.39, 0.29) is 0 Å². The van der Waals surface area contributed by atoms with Gasteiger partial charge in [-0.2, -0.15) is 0 Å². The summed E-state index contributed by atoms with van der Waals surface area (Å²) in [5.41, 5.74) is 14.1. The van der Waals surface area contributed by atoms with Crippen LogP contribution < -0.4 is 4.90 Å². The molecule has 50 heavy (non-hydrogen) atoms. The van der Waals surface area contributed by atoms with Crippen molar-refractivity contribution in [1.82, 2.24) is 4.57 Å². The van der Waals surface area contributed by atoms with E-state index in [1.807, 2.05) is 0 Å². The summed E-state index contributed by atoms with van der Waals surface area (Å²) in [6.45, 7) is 0. The van der Waals surface area contributed by atoms with Crippen molar-refractivity contribution in [3.63, 3.8) is 0 Å². The van der Waals surface area contributed by atoms with Gasteiger partial charge in [0.1, 0.15) is 0 Å². The molecule has 0 N–H and O–H groups in total. The first-order chi connectivity index (χ1) is 24.8. The zero-order valence-corrected chi connectivity index (χ0v) is 27.5. The van der Waals surface area contributed by atoms with Gasteiger partial charge in [0, 0.05) is 33.5 Å². The Hall–Kier alpha value is -6.64. The first-order valence-electron chi connectivity index (χ1n) is 17.1. The molecule has 0 unspecified atom stereocenters. The van der Waals surface area contributed by atoms with Crippen molar-refractivity contribution < 1.29 is 0 Å². The number of hydrogen-bond donors (Lipinski definition) is 0. The summed E-state index contributed by atoms with van der Waals surface area (Å²) >= 11 is 0. The molecule has 2 nitrogen and oxygen atoms in total.